The molecule has 2 N–H and O–H groups in total. The molecule has 0 unspecified atom stereocenters. The Kier molecular flexibility index (Phi) is 8.19. The Morgan fingerprint density at radius 3 is 2.38 bits per heavy atom. The van der Waals surface area contributed by atoms with Crippen molar-refractivity contribution in [3.63, 3.8) is 0 Å². The molecule has 4 nitrogen and oxygen atoms in total. The molecule has 1 aromatic carbocycles. The van der Waals surface area contributed by atoms with Crippen LogP contribution in [0.2, 0.25) is 0 Å². The van der Waals surface area contributed by atoms with Gasteiger partial charge in [-0.3, -0.25) is 0 Å². The van der Waals surface area contributed by atoms with E-state index in [1.54, 1.807) is 0 Å². The van der Waals surface area contributed by atoms with Crippen LogP contribution in [0.4, 0.5) is 13.2 Å². The van der Waals surface area contributed by atoms with Crippen LogP contribution in [0.15, 0.2) is 27.6 Å². The fraction of sp³-hybridized carbons (Fsp3) is 0.455. The summed E-state index contributed by atoms with van der Waals surface area (Å²) in [5.41, 5.74) is -1.01. The summed E-state index contributed by atoms with van der Waals surface area (Å²) in [6.45, 7) is 3.03. The normalized spacial score (nSPS) is 12.0. The third-order valence-corrected chi connectivity index (χ3v) is 4.85. The van der Waals surface area contributed by atoms with Crippen LogP contribution >= 0.6 is 28.3 Å². The van der Waals surface area contributed by atoms with E-state index in [2.05, 4.69) is 26.0 Å². The molecule has 122 valence electrons. The monoisotopic (exact) mass is 410 g/mol. The summed E-state index contributed by atoms with van der Waals surface area (Å²) in [6, 6.07) is 2.50. The van der Waals surface area contributed by atoms with Crippen molar-refractivity contribution in [1.29, 1.82) is 0 Å². The minimum atomic E-state index is -4.59. The second-order valence-electron chi connectivity index (χ2n) is 3.89. The molecule has 0 saturated carbocycles. The van der Waals surface area contributed by atoms with Crippen molar-refractivity contribution >= 4 is 38.4 Å². The number of halogens is 5. The summed E-state index contributed by atoms with van der Waals surface area (Å²) >= 11 is 2.95. The SMILES string of the molecule is CCNCCNS(=O)(=O)c1cc(C(F)(F)F)ccc1Br.Cl. The van der Waals surface area contributed by atoms with Gasteiger partial charge in [0.2, 0.25) is 10.0 Å². The molecule has 0 bridgehead atoms. The molecule has 1 aromatic rings. The number of likely N-dealkylation sites (N-methyl/N-ethyl adjacent to an activating group) is 1. The number of alkyl halides is 3. The molecule has 0 amide bonds. The van der Waals surface area contributed by atoms with Crippen LogP contribution in [-0.4, -0.2) is 28.1 Å². The Morgan fingerprint density at radius 2 is 1.86 bits per heavy atom. The van der Waals surface area contributed by atoms with Gasteiger partial charge in [-0.1, -0.05) is 6.92 Å². The minimum absolute atomic E-state index is 0. The molecule has 1 rings (SSSR count). The molecular formula is C11H15BrClF3N2O2S. The van der Waals surface area contributed by atoms with E-state index in [9.17, 15) is 21.6 Å². The van der Waals surface area contributed by atoms with Crippen LogP contribution in [0.1, 0.15) is 12.5 Å². The van der Waals surface area contributed by atoms with Gasteiger partial charge < -0.3 is 5.32 Å². The molecule has 0 aliphatic rings. The fourth-order valence-corrected chi connectivity index (χ4v) is 3.43. The van der Waals surface area contributed by atoms with Crippen molar-refractivity contribution in [2.45, 2.75) is 18.0 Å². The molecule has 21 heavy (non-hydrogen) atoms. The Hall–Kier alpha value is -0.350. The summed E-state index contributed by atoms with van der Waals surface area (Å²) in [5.74, 6) is 0. The molecule has 0 heterocycles. The van der Waals surface area contributed by atoms with Crippen LogP contribution in [-0.2, 0) is 16.2 Å². The molecule has 0 saturated heterocycles. The van der Waals surface area contributed by atoms with E-state index >= 15 is 0 Å². The predicted octanol–water partition coefficient (Wildman–Crippen LogP) is 2.78. The van der Waals surface area contributed by atoms with Gasteiger partial charge in [0.1, 0.15) is 0 Å². The molecule has 0 atom stereocenters. The van der Waals surface area contributed by atoms with Crippen molar-refractivity contribution in [3.8, 4) is 0 Å². The first-order valence-corrected chi connectivity index (χ1v) is 8.03. The zero-order valence-corrected chi connectivity index (χ0v) is 14.2. The molecule has 0 radical (unpaired) electrons. The van der Waals surface area contributed by atoms with Gasteiger partial charge in [-0.2, -0.15) is 13.2 Å². The highest BCUT2D eigenvalue weighted by Gasteiger charge is 2.32. The number of sulfonamides is 1. The second-order valence-corrected chi connectivity index (χ2v) is 6.48. The largest absolute Gasteiger partial charge is 0.416 e. The minimum Gasteiger partial charge on any atom is -0.316 e. The Labute approximate surface area is 136 Å². The van der Waals surface area contributed by atoms with Crippen molar-refractivity contribution < 1.29 is 21.6 Å². The van der Waals surface area contributed by atoms with Crippen LogP contribution < -0.4 is 10.0 Å². The van der Waals surface area contributed by atoms with E-state index in [0.717, 1.165) is 12.1 Å². The van der Waals surface area contributed by atoms with Crippen LogP contribution in [0.5, 0.6) is 0 Å². The van der Waals surface area contributed by atoms with E-state index in [4.69, 9.17) is 0 Å². The lowest BCUT2D eigenvalue weighted by Crippen LogP contribution is -2.32. The van der Waals surface area contributed by atoms with Gasteiger partial charge in [0.05, 0.1) is 10.5 Å². The van der Waals surface area contributed by atoms with E-state index in [1.165, 1.54) is 0 Å². The maximum absolute atomic E-state index is 12.6. The maximum Gasteiger partial charge on any atom is 0.416 e. The standard InChI is InChI=1S/C11H14BrF3N2O2S.ClH/c1-2-16-5-6-17-20(18,19)10-7-8(11(13,14)15)3-4-9(10)12;/h3-4,7,16-17H,2,5-6H2,1H3;1H. The highest BCUT2D eigenvalue weighted by Crippen LogP contribution is 2.33. The smallest absolute Gasteiger partial charge is 0.316 e. The summed E-state index contributed by atoms with van der Waals surface area (Å²) in [7, 11) is -3.99. The van der Waals surface area contributed by atoms with Gasteiger partial charge in [-0.15, -0.1) is 12.4 Å². The van der Waals surface area contributed by atoms with Crippen molar-refractivity contribution in [1.82, 2.24) is 10.0 Å². The first kappa shape index (κ1) is 20.6. The van der Waals surface area contributed by atoms with E-state index < -0.39 is 26.7 Å². The average molecular weight is 412 g/mol. The van der Waals surface area contributed by atoms with Gasteiger partial charge in [-0.05, 0) is 40.7 Å². The lowest BCUT2D eigenvalue weighted by molar-refractivity contribution is -0.137. The lowest BCUT2D eigenvalue weighted by atomic mass is 10.2. The van der Waals surface area contributed by atoms with Crippen molar-refractivity contribution in [2.75, 3.05) is 19.6 Å². The maximum atomic E-state index is 12.6. The Balaban J connectivity index is 0.00000400. The summed E-state index contributed by atoms with van der Waals surface area (Å²) in [6.07, 6.45) is -4.59. The number of rotatable bonds is 6. The van der Waals surface area contributed by atoms with E-state index in [-0.39, 0.29) is 23.4 Å². The van der Waals surface area contributed by atoms with Crippen molar-refractivity contribution in [3.05, 3.63) is 28.2 Å². The number of benzene rings is 1. The predicted molar refractivity (Wildman–Crippen MR) is 80.1 cm³/mol. The molecular weight excluding hydrogens is 397 g/mol. The van der Waals surface area contributed by atoms with Crippen LogP contribution in [0, 0.1) is 0 Å². The molecule has 0 aliphatic carbocycles. The number of nitrogens with one attached hydrogen (secondary N) is 2. The third kappa shape index (κ3) is 6.11. The first-order valence-electron chi connectivity index (χ1n) is 5.75. The molecule has 0 spiro atoms. The van der Waals surface area contributed by atoms with Gasteiger partial charge >= 0.3 is 6.18 Å². The summed E-state index contributed by atoms with van der Waals surface area (Å²) in [5, 5.41) is 2.90. The fourth-order valence-electron chi connectivity index (χ4n) is 1.41. The molecule has 0 aromatic heterocycles. The zero-order chi connectivity index (χ0) is 15.4. The quantitative estimate of drug-likeness (QED) is 0.708. The first-order chi connectivity index (χ1) is 9.18. The lowest BCUT2D eigenvalue weighted by Gasteiger charge is -2.12. The van der Waals surface area contributed by atoms with E-state index in [0.29, 0.717) is 19.2 Å². The van der Waals surface area contributed by atoms with Gasteiger partial charge in [0.15, 0.2) is 0 Å². The summed E-state index contributed by atoms with van der Waals surface area (Å²) < 4.78 is 64.0. The van der Waals surface area contributed by atoms with Gasteiger partial charge in [-0.25, -0.2) is 13.1 Å². The summed E-state index contributed by atoms with van der Waals surface area (Å²) in [4.78, 5) is -0.427. The Bertz CT molecular complexity index is 567. The second kappa shape index (κ2) is 8.33. The molecule has 0 aliphatic heterocycles. The van der Waals surface area contributed by atoms with Gasteiger partial charge in [0, 0.05) is 17.6 Å². The van der Waals surface area contributed by atoms with E-state index in [1.807, 2.05) is 6.92 Å². The number of hydrogen-bond acceptors (Lipinski definition) is 3. The number of hydrogen-bond donors (Lipinski definition) is 2. The van der Waals surface area contributed by atoms with Crippen LogP contribution in [0.25, 0.3) is 0 Å². The topological polar surface area (TPSA) is 58.2 Å². The van der Waals surface area contributed by atoms with Crippen molar-refractivity contribution in [2.24, 2.45) is 0 Å². The third-order valence-electron chi connectivity index (χ3n) is 2.39. The Morgan fingerprint density at radius 1 is 1.24 bits per heavy atom. The zero-order valence-electron chi connectivity index (χ0n) is 11.0. The molecule has 0 fully saturated rings. The highest BCUT2D eigenvalue weighted by atomic mass is 79.9. The van der Waals surface area contributed by atoms with Gasteiger partial charge in [0.25, 0.3) is 0 Å². The van der Waals surface area contributed by atoms with Crippen LogP contribution in [0.3, 0.4) is 0 Å². The molecule has 10 heteroatoms. The highest BCUT2D eigenvalue weighted by molar-refractivity contribution is 9.10. The average Bonchev–Trinajstić information content (AvgIpc) is 2.33.